The van der Waals surface area contributed by atoms with Crippen LogP contribution < -0.4 is 5.32 Å². The van der Waals surface area contributed by atoms with Gasteiger partial charge in [-0.15, -0.1) is 6.58 Å². The Bertz CT molecular complexity index is 336. The summed E-state index contributed by atoms with van der Waals surface area (Å²) in [5.41, 5.74) is 0.214. The van der Waals surface area contributed by atoms with E-state index in [1.807, 2.05) is 6.92 Å². The van der Waals surface area contributed by atoms with Crippen LogP contribution in [-0.4, -0.2) is 6.04 Å². The molecule has 0 aliphatic heterocycles. The van der Waals surface area contributed by atoms with E-state index >= 15 is 0 Å². The lowest BCUT2D eigenvalue weighted by Gasteiger charge is -2.14. The molecule has 1 atom stereocenters. The SMILES string of the molecule is C=CCCC(C)Nc1cccc(F)c1F. The fraction of sp³-hybridized carbons (Fsp3) is 0.333. The van der Waals surface area contributed by atoms with Gasteiger partial charge in [0.05, 0.1) is 5.69 Å². The highest BCUT2D eigenvalue weighted by Gasteiger charge is 2.09. The van der Waals surface area contributed by atoms with E-state index in [4.69, 9.17) is 0 Å². The topological polar surface area (TPSA) is 12.0 Å². The lowest BCUT2D eigenvalue weighted by atomic mass is 10.1. The predicted octanol–water partition coefficient (Wildman–Crippen LogP) is 3.73. The lowest BCUT2D eigenvalue weighted by molar-refractivity contribution is 0.509. The van der Waals surface area contributed by atoms with Crippen LogP contribution in [0.4, 0.5) is 14.5 Å². The Balaban J connectivity index is 2.63. The molecule has 0 amide bonds. The number of nitrogens with one attached hydrogen (secondary N) is 1. The Kier molecular flexibility index (Phi) is 4.28. The third kappa shape index (κ3) is 3.35. The van der Waals surface area contributed by atoms with Crippen LogP contribution in [0.25, 0.3) is 0 Å². The van der Waals surface area contributed by atoms with Crippen molar-refractivity contribution in [1.29, 1.82) is 0 Å². The number of hydrogen-bond donors (Lipinski definition) is 1. The monoisotopic (exact) mass is 211 g/mol. The van der Waals surface area contributed by atoms with Gasteiger partial charge in [-0.25, -0.2) is 8.78 Å². The number of hydrogen-bond acceptors (Lipinski definition) is 1. The number of benzene rings is 1. The summed E-state index contributed by atoms with van der Waals surface area (Å²) in [6.07, 6.45) is 3.50. The molecule has 0 fully saturated rings. The summed E-state index contributed by atoms with van der Waals surface area (Å²) < 4.78 is 26.1. The molecule has 3 heteroatoms. The molecule has 1 unspecified atom stereocenters. The first kappa shape index (κ1) is 11.7. The molecule has 0 saturated heterocycles. The van der Waals surface area contributed by atoms with Crippen LogP contribution in [0.5, 0.6) is 0 Å². The van der Waals surface area contributed by atoms with Crippen LogP contribution in [-0.2, 0) is 0 Å². The molecule has 0 aromatic heterocycles. The number of anilines is 1. The van der Waals surface area contributed by atoms with Crippen molar-refractivity contribution in [3.05, 3.63) is 42.5 Å². The van der Waals surface area contributed by atoms with Crippen LogP contribution in [0.1, 0.15) is 19.8 Å². The van der Waals surface area contributed by atoms with E-state index in [-0.39, 0.29) is 11.7 Å². The van der Waals surface area contributed by atoms with E-state index in [0.717, 1.165) is 18.9 Å². The molecule has 0 radical (unpaired) electrons. The van der Waals surface area contributed by atoms with E-state index in [1.165, 1.54) is 12.1 Å². The number of rotatable bonds is 5. The lowest BCUT2D eigenvalue weighted by Crippen LogP contribution is -2.15. The molecule has 0 aliphatic rings. The van der Waals surface area contributed by atoms with Crippen molar-refractivity contribution in [3.8, 4) is 0 Å². The Hall–Kier alpha value is -1.38. The molecule has 1 N–H and O–H groups in total. The zero-order chi connectivity index (χ0) is 11.3. The Morgan fingerprint density at radius 2 is 2.20 bits per heavy atom. The van der Waals surface area contributed by atoms with Crippen molar-refractivity contribution in [1.82, 2.24) is 0 Å². The first-order valence-electron chi connectivity index (χ1n) is 4.96. The Morgan fingerprint density at radius 1 is 1.47 bits per heavy atom. The van der Waals surface area contributed by atoms with Crippen LogP contribution in [0.2, 0.25) is 0 Å². The summed E-state index contributed by atoms with van der Waals surface area (Å²) in [6.45, 7) is 5.53. The quantitative estimate of drug-likeness (QED) is 0.732. The highest BCUT2D eigenvalue weighted by atomic mass is 19.2. The van der Waals surface area contributed by atoms with E-state index in [9.17, 15) is 8.78 Å². The van der Waals surface area contributed by atoms with Gasteiger partial charge in [0.15, 0.2) is 11.6 Å². The van der Waals surface area contributed by atoms with Gasteiger partial charge in [-0.05, 0) is 31.9 Å². The maximum atomic E-state index is 13.2. The zero-order valence-electron chi connectivity index (χ0n) is 8.76. The molecule has 1 rings (SSSR count). The van der Waals surface area contributed by atoms with Crippen LogP contribution in [0.15, 0.2) is 30.9 Å². The van der Waals surface area contributed by atoms with Gasteiger partial charge in [-0.3, -0.25) is 0 Å². The first-order valence-corrected chi connectivity index (χ1v) is 4.96. The minimum Gasteiger partial charge on any atom is -0.380 e. The molecular weight excluding hydrogens is 196 g/mol. The van der Waals surface area contributed by atoms with Crippen LogP contribution >= 0.6 is 0 Å². The first-order chi connectivity index (χ1) is 7.15. The van der Waals surface area contributed by atoms with Gasteiger partial charge >= 0.3 is 0 Å². The Labute approximate surface area is 88.8 Å². The second-order valence-corrected chi connectivity index (χ2v) is 3.51. The smallest absolute Gasteiger partial charge is 0.181 e. The molecule has 0 saturated carbocycles. The molecule has 1 aromatic carbocycles. The highest BCUT2D eigenvalue weighted by Crippen LogP contribution is 2.18. The summed E-state index contributed by atoms with van der Waals surface area (Å²) >= 11 is 0. The fourth-order valence-corrected chi connectivity index (χ4v) is 1.32. The Morgan fingerprint density at radius 3 is 2.87 bits per heavy atom. The predicted molar refractivity (Wildman–Crippen MR) is 58.9 cm³/mol. The summed E-state index contributed by atoms with van der Waals surface area (Å²) in [5, 5.41) is 2.92. The molecular formula is C12H15F2N. The standard InChI is InChI=1S/C12H15F2N/c1-3-4-6-9(2)15-11-8-5-7-10(13)12(11)14/h3,5,7-9,15H,1,4,6H2,2H3. The average molecular weight is 211 g/mol. The van der Waals surface area contributed by atoms with Crippen molar-refractivity contribution < 1.29 is 8.78 Å². The average Bonchev–Trinajstić information content (AvgIpc) is 2.22. The number of halogens is 2. The van der Waals surface area contributed by atoms with Gasteiger partial charge in [-0.2, -0.15) is 0 Å². The van der Waals surface area contributed by atoms with E-state index < -0.39 is 11.6 Å². The van der Waals surface area contributed by atoms with Crippen LogP contribution in [0, 0.1) is 11.6 Å². The molecule has 0 aliphatic carbocycles. The highest BCUT2D eigenvalue weighted by molar-refractivity contribution is 5.45. The normalized spacial score (nSPS) is 12.2. The van der Waals surface area contributed by atoms with Crippen molar-refractivity contribution in [2.75, 3.05) is 5.32 Å². The van der Waals surface area contributed by atoms with Gasteiger partial charge < -0.3 is 5.32 Å². The largest absolute Gasteiger partial charge is 0.380 e. The zero-order valence-corrected chi connectivity index (χ0v) is 8.76. The summed E-state index contributed by atoms with van der Waals surface area (Å²) in [6, 6.07) is 4.22. The summed E-state index contributed by atoms with van der Waals surface area (Å²) in [4.78, 5) is 0. The molecule has 1 aromatic rings. The van der Waals surface area contributed by atoms with E-state index in [2.05, 4.69) is 11.9 Å². The van der Waals surface area contributed by atoms with Gasteiger partial charge in [0, 0.05) is 6.04 Å². The summed E-state index contributed by atoms with van der Waals surface area (Å²) in [7, 11) is 0. The molecule has 0 heterocycles. The minimum absolute atomic E-state index is 0.0966. The van der Waals surface area contributed by atoms with Gasteiger partial charge in [-0.1, -0.05) is 12.1 Å². The van der Waals surface area contributed by atoms with Crippen LogP contribution in [0.3, 0.4) is 0 Å². The molecule has 15 heavy (non-hydrogen) atoms. The maximum Gasteiger partial charge on any atom is 0.181 e. The third-order valence-corrected chi connectivity index (χ3v) is 2.16. The van der Waals surface area contributed by atoms with Crippen molar-refractivity contribution in [2.24, 2.45) is 0 Å². The molecule has 0 spiro atoms. The van der Waals surface area contributed by atoms with Gasteiger partial charge in [0.2, 0.25) is 0 Å². The molecule has 1 nitrogen and oxygen atoms in total. The second-order valence-electron chi connectivity index (χ2n) is 3.51. The number of allylic oxidation sites excluding steroid dienone is 1. The van der Waals surface area contributed by atoms with E-state index in [0.29, 0.717) is 0 Å². The van der Waals surface area contributed by atoms with Crippen molar-refractivity contribution in [3.63, 3.8) is 0 Å². The van der Waals surface area contributed by atoms with Gasteiger partial charge in [0.25, 0.3) is 0 Å². The molecule has 82 valence electrons. The maximum absolute atomic E-state index is 13.2. The fourth-order valence-electron chi connectivity index (χ4n) is 1.32. The third-order valence-electron chi connectivity index (χ3n) is 2.16. The van der Waals surface area contributed by atoms with Crippen molar-refractivity contribution in [2.45, 2.75) is 25.8 Å². The van der Waals surface area contributed by atoms with E-state index in [1.54, 1.807) is 6.08 Å². The van der Waals surface area contributed by atoms with Gasteiger partial charge in [0.1, 0.15) is 0 Å². The molecule has 0 bridgehead atoms. The second kappa shape index (κ2) is 5.49. The minimum atomic E-state index is -0.823. The summed E-state index contributed by atoms with van der Waals surface area (Å²) in [5.74, 6) is -1.64. The van der Waals surface area contributed by atoms with Crippen molar-refractivity contribution >= 4 is 5.69 Å².